The van der Waals surface area contributed by atoms with E-state index in [0.717, 1.165) is 54.6 Å². The lowest BCUT2D eigenvalue weighted by atomic mass is 9.86. The highest BCUT2D eigenvalue weighted by molar-refractivity contribution is 7.18. The molecular formula is C17H21Cl2N5S. The molecule has 0 bridgehead atoms. The molecule has 0 aliphatic heterocycles. The molecular weight excluding hydrogens is 377 g/mol. The molecule has 25 heavy (non-hydrogen) atoms. The van der Waals surface area contributed by atoms with Gasteiger partial charge in [0.15, 0.2) is 0 Å². The van der Waals surface area contributed by atoms with Gasteiger partial charge in [-0.1, -0.05) is 0 Å². The number of hydrogen-bond donors (Lipinski definition) is 1. The fourth-order valence-electron chi connectivity index (χ4n) is 3.75. The van der Waals surface area contributed by atoms with Crippen molar-refractivity contribution in [2.24, 2.45) is 11.7 Å². The van der Waals surface area contributed by atoms with E-state index in [-0.39, 0.29) is 24.8 Å². The quantitative estimate of drug-likeness (QED) is 0.715. The van der Waals surface area contributed by atoms with Crippen LogP contribution in [0.15, 0.2) is 17.6 Å². The summed E-state index contributed by atoms with van der Waals surface area (Å²) in [6.07, 6.45) is 6.73. The molecule has 3 aromatic heterocycles. The zero-order valence-corrected chi connectivity index (χ0v) is 16.2. The number of nitrogens with zero attached hydrogens (tertiary/aromatic N) is 4. The standard InChI is InChI=1S/C17H19N5S.2ClH/c18-7-5-15-21-14-10-20-13-6-8-23-17(13)16(14)22(15)12-3-1-11(9-19)2-4-12;;/h6,8,10-12H,1-5,9,19H2;2*1H. The van der Waals surface area contributed by atoms with E-state index in [1.54, 1.807) is 11.3 Å². The zero-order chi connectivity index (χ0) is 15.8. The van der Waals surface area contributed by atoms with E-state index in [2.05, 4.69) is 21.0 Å². The highest BCUT2D eigenvalue weighted by Gasteiger charge is 2.26. The van der Waals surface area contributed by atoms with Gasteiger partial charge in [-0.2, -0.15) is 5.26 Å². The predicted molar refractivity (Wildman–Crippen MR) is 107 cm³/mol. The van der Waals surface area contributed by atoms with E-state index in [1.807, 2.05) is 12.3 Å². The molecule has 0 radical (unpaired) electrons. The Hall–Kier alpha value is -1.39. The van der Waals surface area contributed by atoms with Gasteiger partial charge in [-0.05, 0) is 49.6 Å². The summed E-state index contributed by atoms with van der Waals surface area (Å²) in [7, 11) is 0. The Morgan fingerprint density at radius 2 is 2.00 bits per heavy atom. The van der Waals surface area contributed by atoms with Crippen LogP contribution in [0.4, 0.5) is 0 Å². The van der Waals surface area contributed by atoms with Crippen LogP contribution in [-0.2, 0) is 6.42 Å². The highest BCUT2D eigenvalue weighted by Crippen LogP contribution is 2.37. The number of aromatic nitrogens is 3. The first kappa shape index (κ1) is 19.9. The smallest absolute Gasteiger partial charge is 0.124 e. The van der Waals surface area contributed by atoms with E-state index >= 15 is 0 Å². The summed E-state index contributed by atoms with van der Waals surface area (Å²) >= 11 is 1.71. The lowest BCUT2D eigenvalue weighted by Crippen LogP contribution is -2.24. The van der Waals surface area contributed by atoms with Gasteiger partial charge in [-0.3, -0.25) is 4.98 Å². The Bertz CT molecular complexity index is 890. The van der Waals surface area contributed by atoms with Crippen molar-refractivity contribution in [1.29, 1.82) is 5.26 Å². The summed E-state index contributed by atoms with van der Waals surface area (Å²) in [5.74, 6) is 1.52. The molecule has 134 valence electrons. The highest BCUT2D eigenvalue weighted by atomic mass is 35.5. The van der Waals surface area contributed by atoms with Crippen LogP contribution in [0.3, 0.4) is 0 Å². The van der Waals surface area contributed by atoms with Gasteiger partial charge in [0.2, 0.25) is 0 Å². The Morgan fingerprint density at radius 3 is 2.68 bits per heavy atom. The number of rotatable bonds is 3. The third kappa shape index (κ3) is 3.47. The molecule has 8 heteroatoms. The van der Waals surface area contributed by atoms with Crippen molar-refractivity contribution in [3.05, 3.63) is 23.5 Å². The van der Waals surface area contributed by atoms with Gasteiger partial charge in [0.1, 0.15) is 11.3 Å². The van der Waals surface area contributed by atoms with Crippen LogP contribution in [0.5, 0.6) is 0 Å². The molecule has 5 nitrogen and oxygen atoms in total. The van der Waals surface area contributed by atoms with Gasteiger partial charge < -0.3 is 10.3 Å². The fourth-order valence-corrected chi connectivity index (χ4v) is 4.64. The predicted octanol–water partition coefficient (Wildman–Crippen LogP) is 4.25. The molecule has 1 aliphatic rings. The molecule has 0 amide bonds. The minimum absolute atomic E-state index is 0. The van der Waals surface area contributed by atoms with E-state index in [1.165, 1.54) is 4.70 Å². The first-order valence-corrected chi connectivity index (χ1v) is 8.99. The maximum atomic E-state index is 9.19. The number of pyridine rings is 1. The first-order chi connectivity index (χ1) is 11.3. The van der Waals surface area contributed by atoms with Gasteiger partial charge in [-0.15, -0.1) is 36.2 Å². The largest absolute Gasteiger partial charge is 0.330 e. The van der Waals surface area contributed by atoms with Crippen molar-refractivity contribution in [1.82, 2.24) is 14.5 Å². The second kappa shape index (κ2) is 8.33. The molecule has 0 aromatic carbocycles. The summed E-state index contributed by atoms with van der Waals surface area (Å²) in [5.41, 5.74) is 8.91. The van der Waals surface area contributed by atoms with Crippen LogP contribution in [0.1, 0.15) is 37.5 Å². The SMILES string of the molecule is Cl.Cl.N#CCc1nc2cnc3ccsc3c2n1C1CCC(CN)CC1. The minimum atomic E-state index is 0. The van der Waals surface area contributed by atoms with Gasteiger partial charge in [0.05, 0.1) is 34.4 Å². The molecule has 0 atom stereocenters. The van der Waals surface area contributed by atoms with E-state index in [4.69, 9.17) is 10.7 Å². The Balaban J connectivity index is 0.00000113. The van der Waals surface area contributed by atoms with Crippen molar-refractivity contribution in [3.8, 4) is 6.07 Å². The minimum Gasteiger partial charge on any atom is -0.330 e. The van der Waals surface area contributed by atoms with Crippen LogP contribution in [0.2, 0.25) is 0 Å². The molecule has 1 fully saturated rings. The molecule has 1 saturated carbocycles. The van der Waals surface area contributed by atoms with Gasteiger partial charge in [0.25, 0.3) is 0 Å². The van der Waals surface area contributed by atoms with E-state index < -0.39 is 0 Å². The van der Waals surface area contributed by atoms with Gasteiger partial charge in [0, 0.05) is 6.04 Å². The Morgan fingerprint density at radius 1 is 1.24 bits per heavy atom. The lowest BCUT2D eigenvalue weighted by Gasteiger charge is -2.30. The normalized spacial score (nSPS) is 20.0. The average Bonchev–Trinajstić information content (AvgIpc) is 3.18. The molecule has 0 saturated heterocycles. The summed E-state index contributed by atoms with van der Waals surface area (Å²) < 4.78 is 3.51. The Kier molecular flexibility index (Phi) is 6.64. The summed E-state index contributed by atoms with van der Waals surface area (Å²) in [4.78, 5) is 9.20. The lowest BCUT2D eigenvalue weighted by molar-refractivity contribution is 0.280. The first-order valence-electron chi connectivity index (χ1n) is 8.12. The number of nitrogens with two attached hydrogens (primary N) is 1. The fraction of sp³-hybridized carbons (Fsp3) is 0.471. The second-order valence-corrected chi connectivity index (χ2v) is 7.19. The van der Waals surface area contributed by atoms with Crippen LogP contribution >= 0.6 is 36.2 Å². The molecule has 0 spiro atoms. The number of hydrogen-bond acceptors (Lipinski definition) is 5. The zero-order valence-electron chi connectivity index (χ0n) is 13.7. The summed E-state index contributed by atoms with van der Waals surface area (Å²) in [6, 6.07) is 4.73. The number of thiophene rings is 1. The maximum absolute atomic E-state index is 9.19. The second-order valence-electron chi connectivity index (χ2n) is 6.27. The number of imidazole rings is 1. The average molecular weight is 398 g/mol. The number of halogens is 2. The van der Waals surface area contributed by atoms with Crippen molar-refractivity contribution in [3.63, 3.8) is 0 Å². The number of nitriles is 1. The van der Waals surface area contributed by atoms with E-state index in [9.17, 15) is 5.26 Å². The number of fused-ring (bicyclic) bond motifs is 3. The van der Waals surface area contributed by atoms with Crippen molar-refractivity contribution < 1.29 is 0 Å². The monoisotopic (exact) mass is 397 g/mol. The molecule has 3 aromatic rings. The third-order valence-corrected chi connectivity index (χ3v) is 5.86. The van der Waals surface area contributed by atoms with E-state index in [0.29, 0.717) is 18.4 Å². The summed E-state index contributed by atoms with van der Waals surface area (Å²) in [6.45, 7) is 0.779. The topological polar surface area (TPSA) is 80.5 Å². The van der Waals surface area contributed by atoms with Gasteiger partial charge >= 0.3 is 0 Å². The van der Waals surface area contributed by atoms with Gasteiger partial charge in [-0.25, -0.2) is 4.98 Å². The summed E-state index contributed by atoms with van der Waals surface area (Å²) in [5, 5.41) is 11.3. The Labute approximate surface area is 163 Å². The molecule has 3 heterocycles. The third-order valence-electron chi connectivity index (χ3n) is 4.95. The van der Waals surface area contributed by atoms with Crippen molar-refractivity contribution in [2.75, 3.05) is 6.54 Å². The van der Waals surface area contributed by atoms with Crippen LogP contribution in [0, 0.1) is 17.2 Å². The molecule has 1 aliphatic carbocycles. The van der Waals surface area contributed by atoms with Crippen molar-refractivity contribution in [2.45, 2.75) is 38.1 Å². The van der Waals surface area contributed by atoms with Crippen LogP contribution in [0.25, 0.3) is 21.3 Å². The van der Waals surface area contributed by atoms with Crippen LogP contribution in [-0.4, -0.2) is 21.1 Å². The molecule has 0 unspecified atom stereocenters. The maximum Gasteiger partial charge on any atom is 0.124 e. The molecule has 4 rings (SSSR count). The van der Waals surface area contributed by atoms with Crippen LogP contribution < -0.4 is 5.73 Å². The molecule has 2 N–H and O–H groups in total. The van der Waals surface area contributed by atoms with Crippen molar-refractivity contribution >= 4 is 57.4 Å².